The number of fused-ring (bicyclic) bond motifs is 5. The Morgan fingerprint density at radius 3 is 2.27 bits per heavy atom. The Morgan fingerprint density at radius 1 is 0.851 bits per heavy atom. The van der Waals surface area contributed by atoms with Crippen LogP contribution >= 0.6 is 66.6 Å². The first-order valence-electron chi connectivity index (χ1n) is 34.6. The van der Waals surface area contributed by atoms with Crippen LogP contribution in [0.4, 0.5) is 11.5 Å². The summed E-state index contributed by atoms with van der Waals surface area (Å²) < 4.78 is 157. The number of carboxylic acid groups (broad SMARTS) is 1. The third-order valence-corrected chi connectivity index (χ3v) is 27.4. The van der Waals surface area contributed by atoms with Crippen LogP contribution in [0.2, 0.25) is 0 Å². The van der Waals surface area contributed by atoms with E-state index in [1.807, 2.05) is 27.0 Å². The van der Waals surface area contributed by atoms with Crippen LogP contribution in [-0.2, 0) is 70.8 Å². The SMILES string of the molecule is CSS[C@H](C)OC1C[C@H](n2cc(C#CCNC(=O)COCCOC(COc3cccc(C(=O)NCCCC(=O)c4ccc(C(=O)O)c(C5=c6cc7c(cc6Oc6cc8c(cc65)C(CS(=O)(=O)O)=CC(C)(C)N8)=NC(C)(C)C=C7CS(=O)(=O)O)c4)c3)SSC(C)(C)C)c3c(N)ncnc32)O[C@@H]1COP(=O)(O)OP(=O)(O)OP(=O)(O)O. The van der Waals surface area contributed by atoms with Gasteiger partial charge < -0.3 is 79.4 Å². The molecule has 0 aliphatic carbocycles. The van der Waals surface area contributed by atoms with Gasteiger partial charge in [0.2, 0.25) is 5.91 Å². The maximum absolute atomic E-state index is 14.3. The minimum absolute atomic E-state index is 0.00280. The van der Waals surface area contributed by atoms with E-state index in [-0.39, 0.29) is 142 Å². The van der Waals surface area contributed by atoms with Gasteiger partial charge in [-0.3, -0.25) is 33.0 Å². The van der Waals surface area contributed by atoms with Gasteiger partial charge in [-0.15, -0.1) is 0 Å². The second-order valence-corrected chi connectivity index (χ2v) is 41.5. The van der Waals surface area contributed by atoms with Gasteiger partial charge in [-0.25, -0.2) is 28.5 Å². The van der Waals surface area contributed by atoms with Gasteiger partial charge in [-0.2, -0.15) is 25.5 Å². The number of hydrogen-bond donors (Lipinski definition) is 11. The highest BCUT2D eigenvalue weighted by Crippen LogP contribution is 2.66. The number of nitrogens with one attached hydrogen (secondary N) is 3. The summed E-state index contributed by atoms with van der Waals surface area (Å²) in [4.78, 5) is 105. The smallest absolute Gasteiger partial charge is 0.490 e. The van der Waals surface area contributed by atoms with E-state index in [1.54, 1.807) is 117 Å². The molecule has 616 valence electrons. The molecule has 0 radical (unpaired) electrons. The number of aromatic nitrogens is 3. The molecule has 1 fully saturated rings. The number of carbonyl (C=O) groups is 4. The molecule has 4 aromatic carbocycles. The molecule has 2 aromatic heterocycles. The van der Waals surface area contributed by atoms with E-state index in [2.05, 4.69) is 46.4 Å². The number of aromatic carboxylic acids is 1. The molecule has 6 heterocycles. The first kappa shape index (κ1) is 89.3. The number of Topliss-reactive ketones (excluding diaryl/α,β-unsaturated/α-hetero) is 1. The monoisotopic (exact) mass is 1750 g/mol. The number of phosphoric ester groups is 1. The summed E-state index contributed by atoms with van der Waals surface area (Å²) in [6.45, 7) is 13.7. The van der Waals surface area contributed by atoms with E-state index in [9.17, 15) is 73.7 Å². The normalized spacial score (nSPS) is 18.6. The average molecular weight is 1750 g/mol. The molecule has 12 N–H and O–H groups in total. The predicted octanol–water partition coefficient (Wildman–Crippen LogP) is 9.08. The Morgan fingerprint density at radius 2 is 1.58 bits per heavy atom. The van der Waals surface area contributed by atoms with E-state index >= 15 is 0 Å². The molecule has 2 amide bonds. The number of carbonyl (C=O) groups excluding carboxylic acids is 3. The van der Waals surface area contributed by atoms with Crippen LogP contribution in [0, 0.1) is 11.8 Å². The van der Waals surface area contributed by atoms with Crippen molar-refractivity contribution in [2.75, 3.05) is 74.9 Å². The van der Waals surface area contributed by atoms with E-state index in [0.717, 1.165) is 0 Å². The first-order valence-corrected chi connectivity index (χ1v) is 47.2. The predicted molar refractivity (Wildman–Crippen MR) is 428 cm³/mol. The number of benzene rings is 4. The number of amides is 2. The molecule has 114 heavy (non-hydrogen) atoms. The maximum Gasteiger partial charge on any atom is 0.490 e. The molecule has 7 atom stereocenters. The topological polar surface area (TPSA) is 518 Å². The van der Waals surface area contributed by atoms with Crippen LogP contribution in [0.5, 0.6) is 17.2 Å². The van der Waals surface area contributed by atoms with E-state index in [1.165, 1.54) is 56.9 Å². The Labute approximate surface area is 670 Å². The van der Waals surface area contributed by atoms with Crippen LogP contribution in [-0.4, -0.2) is 192 Å². The van der Waals surface area contributed by atoms with Crippen LogP contribution < -0.4 is 41.7 Å². The summed E-state index contributed by atoms with van der Waals surface area (Å²) in [6, 6.07) is 16.8. The lowest BCUT2D eigenvalue weighted by Crippen LogP contribution is -2.33. The Bertz CT molecular complexity index is 5410. The molecule has 4 unspecified atom stereocenters. The number of nitrogens with zero attached hydrogens (tertiary/aromatic N) is 4. The molecular formula is C70H83N8O27P3S6. The molecule has 4 aliphatic rings. The Hall–Kier alpha value is -7.04. The van der Waals surface area contributed by atoms with Crippen molar-refractivity contribution in [1.29, 1.82) is 0 Å². The molecule has 4 aliphatic heterocycles. The molecule has 35 nitrogen and oxygen atoms in total. The lowest BCUT2D eigenvalue weighted by molar-refractivity contribution is -0.126. The molecule has 44 heteroatoms. The van der Waals surface area contributed by atoms with Crippen LogP contribution in [0.3, 0.4) is 0 Å². The van der Waals surface area contributed by atoms with Gasteiger partial charge in [0.05, 0.1) is 65.4 Å². The zero-order chi connectivity index (χ0) is 83.3. The lowest BCUT2D eigenvalue weighted by atomic mass is 9.83. The maximum atomic E-state index is 14.3. The van der Waals surface area contributed by atoms with Gasteiger partial charge in [0.15, 0.2) is 5.78 Å². The summed E-state index contributed by atoms with van der Waals surface area (Å²) in [5, 5.41) is 20.6. The summed E-state index contributed by atoms with van der Waals surface area (Å²) in [5.74, 6) is 2.22. The molecule has 0 saturated carbocycles. The molecule has 10 rings (SSSR count). The fraction of sp³-hybridized carbons (Fsp3) is 0.414. The van der Waals surface area contributed by atoms with Gasteiger partial charge in [-0.05, 0) is 106 Å². The van der Waals surface area contributed by atoms with Gasteiger partial charge in [0.1, 0.15) is 83.0 Å². The summed E-state index contributed by atoms with van der Waals surface area (Å²) in [5.41, 5.74) is 6.12. The highest BCUT2D eigenvalue weighted by molar-refractivity contribution is 8.77. The first-order chi connectivity index (χ1) is 53.2. The molecule has 1 saturated heterocycles. The number of ether oxygens (including phenoxy) is 6. The van der Waals surface area contributed by atoms with Crippen molar-refractivity contribution in [3.8, 4) is 29.1 Å². The van der Waals surface area contributed by atoms with Crippen molar-refractivity contribution in [2.45, 2.75) is 120 Å². The standard InChI is InChI=1S/C70H83N8O27P3S6/c1-39(110-109-9)101-57-29-60(103-58(57)33-100-107(87,88)105-108(89,90)104-106(84,85)86)78-32-42(62-64(71)74-38-75-65(62)78)14-11-19-72-59(80)34-97-21-22-98-61(111-112-68(2,3)4)35-99-45-15-10-13-41(23-45)66(81)73-20-12-16-54(79)40-17-18-46(67(82)83)49(24-40)63-50-25-47-43(36-113(91,92)93)30-69(5,6)76-52(47)27-55(50)102-56-28-53-48(26-51(56)63)44(37-114(94,95)96)31-70(7,8)77-53/h10,13,15,17-18,23-28,30-32,38-39,57-58,60-61,76H,12,16,19-22,29,33-37H2,1-9H3,(H,72,80)(H,73,81)(H,82,83)(H,87,88)(H,89,90)(H2,71,74,75)(H2,84,85,86)(H,91,92,93)(H,94,95,96)/t39-,57?,58-,60-,61?/m1/s1. The van der Waals surface area contributed by atoms with Crippen molar-refractivity contribution in [3.05, 3.63) is 146 Å². The van der Waals surface area contributed by atoms with Crippen molar-refractivity contribution in [3.63, 3.8) is 0 Å². The second-order valence-electron chi connectivity index (χ2n) is 28.2. The van der Waals surface area contributed by atoms with E-state index in [4.69, 9.17) is 53.5 Å². The highest BCUT2D eigenvalue weighted by atomic mass is 33.1. The minimum Gasteiger partial charge on any atom is -0.490 e. The van der Waals surface area contributed by atoms with Crippen molar-refractivity contribution in [1.82, 2.24) is 25.2 Å². The fourth-order valence-corrected chi connectivity index (χ4v) is 20.5. The average Bonchev–Trinajstić information content (AvgIpc) is 0.918. The van der Waals surface area contributed by atoms with Gasteiger partial charge in [0, 0.05) is 86.8 Å². The highest BCUT2D eigenvalue weighted by Gasteiger charge is 2.45. The van der Waals surface area contributed by atoms with Gasteiger partial charge in [0.25, 0.3) is 26.1 Å². The number of hydrogen-bond acceptors (Lipinski definition) is 29. The Balaban J connectivity index is 0.743. The Kier molecular flexibility index (Phi) is 28.6. The van der Waals surface area contributed by atoms with E-state index < -0.39 is 126 Å². The number of carboxylic acids is 1. The fourth-order valence-electron chi connectivity index (χ4n) is 12.6. The number of anilines is 2. The number of nitrogens with two attached hydrogens (primary N) is 1. The zero-order valence-corrected chi connectivity index (χ0v) is 70.1. The zero-order valence-electron chi connectivity index (χ0n) is 62.5. The lowest BCUT2D eigenvalue weighted by Gasteiger charge is -2.34. The molecule has 0 spiro atoms. The van der Waals surface area contributed by atoms with Gasteiger partial charge >= 0.3 is 29.4 Å². The number of phosphoric acid groups is 3. The van der Waals surface area contributed by atoms with Crippen LogP contribution in [0.1, 0.15) is 140 Å². The van der Waals surface area contributed by atoms with E-state index in [0.29, 0.717) is 33.3 Å². The van der Waals surface area contributed by atoms with Gasteiger partial charge in [-0.1, -0.05) is 100 Å². The largest absolute Gasteiger partial charge is 0.490 e. The van der Waals surface area contributed by atoms with Crippen LogP contribution in [0.15, 0.2) is 96.4 Å². The third-order valence-electron chi connectivity index (χ3n) is 16.8. The number of rotatable bonds is 36. The molecular weight excluding hydrogens is 1670 g/mol. The molecule has 0 bridgehead atoms. The van der Waals surface area contributed by atoms with Crippen molar-refractivity contribution in [2.24, 2.45) is 4.99 Å². The van der Waals surface area contributed by atoms with Crippen LogP contribution in [0.25, 0.3) is 27.8 Å². The summed E-state index contributed by atoms with van der Waals surface area (Å²) in [7, 11) is -20.5. The number of nitrogen functional groups attached to an aromatic ring is 1. The molecule has 6 aromatic rings. The summed E-state index contributed by atoms with van der Waals surface area (Å²) in [6.07, 6.45) is 5.01. The van der Waals surface area contributed by atoms with Crippen molar-refractivity contribution < 1.29 is 125 Å². The quantitative estimate of drug-likeness (QED) is 0.00331. The third kappa shape index (κ3) is 24.8. The number of ketones is 1. The minimum atomic E-state index is -5.81. The summed E-state index contributed by atoms with van der Waals surface area (Å²) >= 11 is 0. The van der Waals surface area contributed by atoms with Crippen molar-refractivity contribution >= 4 is 150 Å². The second kappa shape index (κ2) is 36.4.